The summed E-state index contributed by atoms with van der Waals surface area (Å²) in [6.07, 6.45) is 1.19. The highest BCUT2D eigenvalue weighted by Gasteiger charge is 2.10. The number of ether oxygens (including phenoxy) is 1. The van der Waals surface area contributed by atoms with Gasteiger partial charge >= 0.3 is 5.97 Å². The quantitative estimate of drug-likeness (QED) is 0.762. The Labute approximate surface area is 118 Å². The molecule has 0 bridgehead atoms. The molecule has 20 heavy (non-hydrogen) atoms. The minimum atomic E-state index is -2.97. The van der Waals surface area contributed by atoms with E-state index in [1.807, 2.05) is 4.90 Å². The number of para-hydroxylation sites is 1. The topological polar surface area (TPSA) is 83.9 Å². The van der Waals surface area contributed by atoms with Gasteiger partial charge in [-0.15, -0.1) is 0 Å². The summed E-state index contributed by atoms with van der Waals surface area (Å²) in [5.74, 6) is -0.627. The van der Waals surface area contributed by atoms with E-state index in [0.717, 1.165) is 0 Å². The lowest BCUT2D eigenvalue weighted by Crippen LogP contribution is -2.29. The third-order valence-electron chi connectivity index (χ3n) is 2.69. The molecular weight excluding hydrogens is 282 g/mol. The fourth-order valence-electron chi connectivity index (χ4n) is 1.51. The van der Waals surface area contributed by atoms with Gasteiger partial charge in [-0.25, -0.2) is 13.2 Å². The van der Waals surface area contributed by atoms with Crippen molar-refractivity contribution in [2.75, 3.05) is 38.8 Å². The van der Waals surface area contributed by atoms with Gasteiger partial charge in [0.1, 0.15) is 27.8 Å². The van der Waals surface area contributed by atoms with Crippen molar-refractivity contribution in [3.63, 3.8) is 0 Å². The maximum absolute atomic E-state index is 11.0. The first kappa shape index (κ1) is 16.5. The molecule has 1 aromatic carbocycles. The van der Waals surface area contributed by atoms with Crippen LogP contribution in [-0.4, -0.2) is 63.1 Å². The van der Waals surface area contributed by atoms with Crippen molar-refractivity contribution >= 4 is 15.8 Å². The van der Waals surface area contributed by atoms with Crippen molar-refractivity contribution < 1.29 is 23.1 Å². The van der Waals surface area contributed by atoms with Gasteiger partial charge in [-0.1, -0.05) is 12.1 Å². The molecule has 1 rings (SSSR count). The van der Waals surface area contributed by atoms with Crippen LogP contribution < -0.4 is 4.74 Å². The molecule has 0 fully saturated rings. The molecule has 0 aromatic heterocycles. The van der Waals surface area contributed by atoms with Gasteiger partial charge < -0.3 is 14.7 Å². The van der Waals surface area contributed by atoms with Crippen LogP contribution in [0.4, 0.5) is 0 Å². The maximum Gasteiger partial charge on any atom is 0.339 e. The van der Waals surface area contributed by atoms with Crippen molar-refractivity contribution in [1.29, 1.82) is 0 Å². The largest absolute Gasteiger partial charge is 0.491 e. The molecule has 0 heterocycles. The Morgan fingerprint density at radius 2 is 1.95 bits per heavy atom. The smallest absolute Gasteiger partial charge is 0.339 e. The van der Waals surface area contributed by atoms with Crippen LogP contribution in [0.3, 0.4) is 0 Å². The van der Waals surface area contributed by atoms with Crippen LogP contribution in [0.25, 0.3) is 0 Å². The van der Waals surface area contributed by atoms with Crippen LogP contribution in [0, 0.1) is 0 Å². The Morgan fingerprint density at radius 1 is 1.30 bits per heavy atom. The Balaban J connectivity index is 2.43. The lowest BCUT2D eigenvalue weighted by atomic mass is 10.2. The monoisotopic (exact) mass is 301 g/mol. The Morgan fingerprint density at radius 3 is 2.55 bits per heavy atom. The molecule has 6 nitrogen and oxygen atoms in total. The van der Waals surface area contributed by atoms with E-state index in [4.69, 9.17) is 9.84 Å². The lowest BCUT2D eigenvalue weighted by Gasteiger charge is -2.16. The van der Waals surface area contributed by atoms with Gasteiger partial charge in [0, 0.05) is 19.3 Å². The van der Waals surface area contributed by atoms with E-state index in [-0.39, 0.29) is 11.3 Å². The van der Waals surface area contributed by atoms with Crippen molar-refractivity contribution in [1.82, 2.24) is 4.90 Å². The highest BCUT2D eigenvalue weighted by Crippen LogP contribution is 2.17. The predicted molar refractivity (Wildman–Crippen MR) is 76.1 cm³/mol. The summed E-state index contributed by atoms with van der Waals surface area (Å²) >= 11 is 0. The molecule has 0 amide bonds. The van der Waals surface area contributed by atoms with Crippen LogP contribution in [0.15, 0.2) is 24.3 Å². The second-order valence-electron chi connectivity index (χ2n) is 4.58. The number of sulfone groups is 1. The zero-order chi connectivity index (χ0) is 15.2. The minimum absolute atomic E-state index is 0.0925. The van der Waals surface area contributed by atoms with Crippen molar-refractivity contribution in [2.24, 2.45) is 0 Å². The summed E-state index contributed by atoms with van der Waals surface area (Å²) in [4.78, 5) is 12.8. The van der Waals surface area contributed by atoms with E-state index in [0.29, 0.717) is 25.4 Å². The minimum Gasteiger partial charge on any atom is -0.491 e. The molecule has 0 aliphatic carbocycles. The summed E-state index contributed by atoms with van der Waals surface area (Å²) in [5.41, 5.74) is 0.117. The first-order valence-corrected chi connectivity index (χ1v) is 8.17. The van der Waals surface area contributed by atoms with Crippen molar-refractivity contribution in [3.8, 4) is 5.75 Å². The predicted octanol–water partition coefficient (Wildman–Crippen LogP) is 0.740. The fourth-order valence-corrected chi connectivity index (χ4v) is 2.16. The summed E-state index contributed by atoms with van der Waals surface area (Å²) in [7, 11) is -1.19. The average Bonchev–Trinajstić information content (AvgIpc) is 2.36. The van der Waals surface area contributed by atoms with Gasteiger partial charge in [-0.05, 0) is 19.2 Å². The normalized spacial score (nSPS) is 11.6. The number of hydrogen-bond donors (Lipinski definition) is 1. The van der Waals surface area contributed by atoms with Gasteiger partial charge in [-0.3, -0.25) is 0 Å². The van der Waals surface area contributed by atoms with Gasteiger partial charge in [0.05, 0.1) is 5.75 Å². The first-order chi connectivity index (χ1) is 9.29. The van der Waals surface area contributed by atoms with E-state index in [2.05, 4.69) is 0 Å². The summed E-state index contributed by atoms with van der Waals surface area (Å²) in [6.45, 7) is 1.23. The van der Waals surface area contributed by atoms with E-state index >= 15 is 0 Å². The number of likely N-dealkylation sites (N-methyl/N-ethyl adjacent to an activating group) is 1. The zero-order valence-electron chi connectivity index (χ0n) is 11.6. The number of nitrogens with zero attached hydrogens (tertiary/aromatic N) is 1. The number of benzene rings is 1. The number of carbonyl (C=O) groups is 1. The molecule has 1 aromatic rings. The zero-order valence-corrected chi connectivity index (χ0v) is 12.4. The number of rotatable bonds is 8. The van der Waals surface area contributed by atoms with Gasteiger partial charge in [0.15, 0.2) is 0 Å². The molecule has 7 heteroatoms. The van der Waals surface area contributed by atoms with Crippen LogP contribution in [-0.2, 0) is 9.84 Å². The van der Waals surface area contributed by atoms with E-state index in [1.54, 1.807) is 25.2 Å². The van der Waals surface area contributed by atoms with Crippen LogP contribution >= 0.6 is 0 Å². The molecule has 0 aliphatic heterocycles. The third-order valence-corrected chi connectivity index (χ3v) is 3.62. The highest BCUT2D eigenvalue weighted by atomic mass is 32.2. The molecule has 0 spiro atoms. The van der Waals surface area contributed by atoms with E-state index in [1.165, 1.54) is 12.3 Å². The molecular formula is C13H19NO5S. The summed E-state index contributed by atoms with van der Waals surface area (Å²) < 4.78 is 27.5. The van der Waals surface area contributed by atoms with Gasteiger partial charge in [0.2, 0.25) is 0 Å². The number of aromatic carboxylic acids is 1. The van der Waals surface area contributed by atoms with Gasteiger partial charge in [-0.2, -0.15) is 0 Å². The average molecular weight is 301 g/mol. The fraction of sp³-hybridized carbons (Fsp3) is 0.462. The van der Waals surface area contributed by atoms with Crippen LogP contribution in [0.2, 0.25) is 0 Å². The SMILES string of the molecule is CN(CCOc1ccccc1C(=O)O)CCS(C)(=O)=O. The Kier molecular flexibility index (Phi) is 5.97. The summed E-state index contributed by atoms with van der Waals surface area (Å²) in [6, 6.07) is 6.41. The Bertz CT molecular complexity index is 556. The van der Waals surface area contributed by atoms with Crippen LogP contribution in [0.1, 0.15) is 10.4 Å². The molecule has 0 aliphatic rings. The number of hydrogen-bond acceptors (Lipinski definition) is 5. The molecule has 0 saturated carbocycles. The molecule has 0 unspecified atom stereocenters. The van der Waals surface area contributed by atoms with Gasteiger partial charge in [0.25, 0.3) is 0 Å². The summed E-state index contributed by atoms with van der Waals surface area (Å²) in [5, 5.41) is 8.99. The first-order valence-electron chi connectivity index (χ1n) is 6.11. The molecule has 1 N–H and O–H groups in total. The highest BCUT2D eigenvalue weighted by molar-refractivity contribution is 7.90. The van der Waals surface area contributed by atoms with Crippen molar-refractivity contribution in [2.45, 2.75) is 0 Å². The number of carboxylic acids is 1. The second-order valence-corrected chi connectivity index (χ2v) is 6.84. The molecule has 0 saturated heterocycles. The third kappa shape index (κ3) is 6.03. The van der Waals surface area contributed by atoms with E-state index in [9.17, 15) is 13.2 Å². The standard InChI is InChI=1S/C13H19NO5S/c1-14(8-10-20(2,17)18)7-9-19-12-6-4-3-5-11(12)13(15)16/h3-6H,7-10H2,1-2H3,(H,15,16). The lowest BCUT2D eigenvalue weighted by molar-refractivity contribution is 0.0691. The van der Waals surface area contributed by atoms with E-state index < -0.39 is 15.8 Å². The Hall–Kier alpha value is -1.60. The second kappa shape index (κ2) is 7.25. The number of carboxylic acid groups (broad SMARTS) is 1. The van der Waals surface area contributed by atoms with Crippen LogP contribution in [0.5, 0.6) is 5.75 Å². The molecule has 112 valence electrons. The molecule has 0 atom stereocenters. The van der Waals surface area contributed by atoms with Crippen molar-refractivity contribution in [3.05, 3.63) is 29.8 Å². The molecule has 0 radical (unpaired) electrons. The maximum atomic E-state index is 11.0.